The third kappa shape index (κ3) is 3.17. The van der Waals surface area contributed by atoms with Crippen molar-refractivity contribution in [3.63, 3.8) is 0 Å². The third-order valence-electron chi connectivity index (χ3n) is 2.56. The van der Waals surface area contributed by atoms with Crippen LogP contribution < -0.4 is 5.32 Å². The van der Waals surface area contributed by atoms with E-state index in [1.54, 1.807) is 12.4 Å². The Hall–Kier alpha value is -1.61. The standard InChI is InChI=1S/C13H14ClN3/c1-2-13(10-4-3-5-11(14)6-10)17-12-7-15-9-16-8-12/h3-9,13,17H,2H2,1H3. The van der Waals surface area contributed by atoms with Crippen molar-refractivity contribution in [3.8, 4) is 0 Å². The van der Waals surface area contributed by atoms with Crippen molar-refractivity contribution in [2.24, 2.45) is 0 Å². The summed E-state index contributed by atoms with van der Waals surface area (Å²) in [6.45, 7) is 2.13. The van der Waals surface area contributed by atoms with Crippen LogP contribution in [0.4, 0.5) is 5.69 Å². The van der Waals surface area contributed by atoms with Crippen molar-refractivity contribution in [1.29, 1.82) is 0 Å². The summed E-state index contributed by atoms with van der Waals surface area (Å²) in [5, 5.41) is 4.15. The van der Waals surface area contributed by atoms with E-state index in [1.165, 1.54) is 11.9 Å². The van der Waals surface area contributed by atoms with E-state index in [0.717, 1.165) is 17.1 Å². The number of benzene rings is 1. The van der Waals surface area contributed by atoms with Gasteiger partial charge in [-0.05, 0) is 24.1 Å². The first-order chi connectivity index (χ1) is 8.29. The zero-order valence-electron chi connectivity index (χ0n) is 9.60. The largest absolute Gasteiger partial charge is 0.376 e. The van der Waals surface area contributed by atoms with Crippen molar-refractivity contribution in [1.82, 2.24) is 9.97 Å². The molecule has 17 heavy (non-hydrogen) atoms. The molecule has 0 saturated carbocycles. The van der Waals surface area contributed by atoms with Crippen LogP contribution in [0, 0.1) is 0 Å². The first kappa shape index (κ1) is 11.9. The van der Waals surface area contributed by atoms with E-state index in [2.05, 4.69) is 28.3 Å². The lowest BCUT2D eigenvalue weighted by Crippen LogP contribution is -2.09. The molecule has 0 aliphatic heterocycles. The molecule has 0 spiro atoms. The van der Waals surface area contributed by atoms with Crippen LogP contribution in [0.3, 0.4) is 0 Å². The number of hydrogen-bond donors (Lipinski definition) is 1. The predicted octanol–water partition coefficient (Wildman–Crippen LogP) is 3.69. The Bertz CT molecular complexity index is 473. The second kappa shape index (κ2) is 5.64. The summed E-state index contributed by atoms with van der Waals surface area (Å²) < 4.78 is 0. The second-order valence-corrected chi connectivity index (χ2v) is 4.22. The second-order valence-electron chi connectivity index (χ2n) is 3.79. The van der Waals surface area contributed by atoms with Crippen molar-refractivity contribution >= 4 is 17.3 Å². The molecule has 3 nitrogen and oxygen atoms in total. The van der Waals surface area contributed by atoms with E-state index in [9.17, 15) is 0 Å². The van der Waals surface area contributed by atoms with Crippen molar-refractivity contribution < 1.29 is 0 Å². The summed E-state index contributed by atoms with van der Waals surface area (Å²) in [5.41, 5.74) is 2.09. The fourth-order valence-electron chi connectivity index (χ4n) is 1.72. The number of nitrogens with zero attached hydrogens (tertiary/aromatic N) is 2. The number of rotatable bonds is 4. The maximum absolute atomic E-state index is 6.00. The fourth-order valence-corrected chi connectivity index (χ4v) is 1.92. The molecule has 2 rings (SSSR count). The quantitative estimate of drug-likeness (QED) is 0.895. The fraction of sp³-hybridized carbons (Fsp3) is 0.231. The predicted molar refractivity (Wildman–Crippen MR) is 70.1 cm³/mol. The highest BCUT2D eigenvalue weighted by Crippen LogP contribution is 2.23. The van der Waals surface area contributed by atoms with Crippen molar-refractivity contribution in [2.45, 2.75) is 19.4 Å². The minimum absolute atomic E-state index is 0.222. The van der Waals surface area contributed by atoms with Crippen LogP contribution in [0.25, 0.3) is 0 Å². The summed E-state index contributed by atoms with van der Waals surface area (Å²) in [4.78, 5) is 7.97. The van der Waals surface area contributed by atoms with Crippen LogP contribution >= 0.6 is 11.6 Å². The third-order valence-corrected chi connectivity index (χ3v) is 2.80. The van der Waals surface area contributed by atoms with Crippen LogP contribution in [0.5, 0.6) is 0 Å². The number of nitrogens with one attached hydrogen (secondary N) is 1. The van der Waals surface area contributed by atoms with Gasteiger partial charge in [-0.2, -0.15) is 0 Å². The molecule has 88 valence electrons. The van der Waals surface area contributed by atoms with E-state index in [0.29, 0.717) is 0 Å². The van der Waals surface area contributed by atoms with Gasteiger partial charge >= 0.3 is 0 Å². The maximum Gasteiger partial charge on any atom is 0.115 e. The van der Waals surface area contributed by atoms with E-state index in [4.69, 9.17) is 11.6 Å². The number of anilines is 1. The highest BCUT2D eigenvalue weighted by molar-refractivity contribution is 6.30. The van der Waals surface area contributed by atoms with Gasteiger partial charge in [-0.15, -0.1) is 0 Å². The highest BCUT2D eigenvalue weighted by Gasteiger charge is 2.09. The van der Waals surface area contributed by atoms with E-state index in [-0.39, 0.29) is 6.04 Å². The molecular weight excluding hydrogens is 234 g/mol. The molecule has 2 aromatic rings. The molecule has 0 radical (unpaired) electrons. The Labute approximate surface area is 106 Å². The van der Waals surface area contributed by atoms with E-state index < -0.39 is 0 Å². The van der Waals surface area contributed by atoms with E-state index >= 15 is 0 Å². The van der Waals surface area contributed by atoms with Crippen LogP contribution in [-0.2, 0) is 0 Å². The first-order valence-corrected chi connectivity index (χ1v) is 5.94. The zero-order valence-corrected chi connectivity index (χ0v) is 10.4. The maximum atomic E-state index is 6.00. The summed E-state index contributed by atoms with van der Waals surface area (Å²) in [6, 6.07) is 8.11. The summed E-state index contributed by atoms with van der Waals surface area (Å²) in [5.74, 6) is 0. The lowest BCUT2D eigenvalue weighted by molar-refractivity contribution is 0.747. The molecular formula is C13H14ClN3. The molecule has 1 aromatic carbocycles. The van der Waals surface area contributed by atoms with Gasteiger partial charge in [0.05, 0.1) is 24.1 Å². The summed E-state index contributed by atoms with van der Waals surface area (Å²) >= 11 is 6.00. The van der Waals surface area contributed by atoms with Gasteiger partial charge in [0.25, 0.3) is 0 Å². The van der Waals surface area contributed by atoms with Crippen molar-refractivity contribution in [3.05, 3.63) is 53.6 Å². The summed E-state index contributed by atoms with van der Waals surface area (Å²) in [6.07, 6.45) is 6.02. The first-order valence-electron chi connectivity index (χ1n) is 5.56. The molecule has 0 aliphatic carbocycles. The van der Waals surface area contributed by atoms with Crippen LogP contribution in [0.2, 0.25) is 5.02 Å². The van der Waals surface area contributed by atoms with Gasteiger partial charge in [-0.25, -0.2) is 9.97 Å². The van der Waals surface area contributed by atoms with Crippen LogP contribution in [0.1, 0.15) is 24.9 Å². The molecule has 0 amide bonds. The average molecular weight is 248 g/mol. The number of hydrogen-bond acceptors (Lipinski definition) is 3. The highest BCUT2D eigenvalue weighted by atomic mass is 35.5. The minimum atomic E-state index is 0.222. The van der Waals surface area contributed by atoms with Gasteiger partial charge in [-0.1, -0.05) is 30.7 Å². The van der Waals surface area contributed by atoms with Gasteiger partial charge in [0.1, 0.15) is 6.33 Å². The monoisotopic (exact) mass is 247 g/mol. The Morgan fingerprint density at radius 2 is 2.06 bits per heavy atom. The van der Waals surface area contributed by atoms with Gasteiger partial charge in [-0.3, -0.25) is 0 Å². The Morgan fingerprint density at radius 3 is 2.71 bits per heavy atom. The molecule has 0 saturated heterocycles. The Balaban J connectivity index is 2.17. The zero-order chi connectivity index (χ0) is 12.1. The topological polar surface area (TPSA) is 37.8 Å². The molecule has 1 aromatic heterocycles. The van der Waals surface area contributed by atoms with Crippen LogP contribution in [-0.4, -0.2) is 9.97 Å². The Kier molecular flexibility index (Phi) is 3.94. The van der Waals surface area contributed by atoms with Gasteiger partial charge in [0.2, 0.25) is 0 Å². The molecule has 1 atom stereocenters. The lowest BCUT2D eigenvalue weighted by atomic mass is 10.0. The molecule has 1 N–H and O–H groups in total. The SMILES string of the molecule is CCC(Nc1cncnc1)c1cccc(Cl)c1. The summed E-state index contributed by atoms with van der Waals surface area (Å²) in [7, 11) is 0. The van der Waals surface area contributed by atoms with Gasteiger partial charge < -0.3 is 5.32 Å². The molecule has 0 fully saturated rings. The average Bonchev–Trinajstić information content (AvgIpc) is 2.37. The Morgan fingerprint density at radius 1 is 1.29 bits per heavy atom. The number of halogens is 1. The van der Waals surface area contributed by atoms with Crippen molar-refractivity contribution in [2.75, 3.05) is 5.32 Å². The molecule has 0 aliphatic rings. The molecule has 1 heterocycles. The lowest BCUT2D eigenvalue weighted by Gasteiger charge is -2.18. The molecule has 4 heteroatoms. The number of aromatic nitrogens is 2. The van der Waals surface area contributed by atoms with E-state index in [1.807, 2.05) is 18.2 Å². The molecule has 0 bridgehead atoms. The van der Waals surface area contributed by atoms with Gasteiger partial charge in [0.15, 0.2) is 0 Å². The normalized spacial score (nSPS) is 12.1. The molecule has 1 unspecified atom stereocenters. The smallest absolute Gasteiger partial charge is 0.115 e. The van der Waals surface area contributed by atoms with Gasteiger partial charge in [0, 0.05) is 5.02 Å². The van der Waals surface area contributed by atoms with Crippen LogP contribution in [0.15, 0.2) is 43.0 Å². The minimum Gasteiger partial charge on any atom is -0.376 e.